The first-order valence-electron chi connectivity index (χ1n) is 6.86. The van der Waals surface area contributed by atoms with Gasteiger partial charge in [-0.25, -0.2) is 13.6 Å². The fraction of sp³-hybridized carbons (Fsp3) is 0.133. The zero-order valence-electron chi connectivity index (χ0n) is 12.7. The SMILES string of the molecule is CC(NC(=O)c1ccc([N+](=O)[O-])cc1)c1cccc(S(N)(=O)=O)c1. The first kappa shape index (κ1) is 17.6. The summed E-state index contributed by atoms with van der Waals surface area (Å²) in [5.41, 5.74) is 0.715. The van der Waals surface area contributed by atoms with Crippen molar-refractivity contribution in [1.29, 1.82) is 0 Å². The van der Waals surface area contributed by atoms with Crippen LogP contribution >= 0.6 is 0 Å². The van der Waals surface area contributed by atoms with Gasteiger partial charge < -0.3 is 5.32 Å². The number of amides is 1. The van der Waals surface area contributed by atoms with Crippen LogP contribution in [0.3, 0.4) is 0 Å². The summed E-state index contributed by atoms with van der Waals surface area (Å²) < 4.78 is 22.7. The van der Waals surface area contributed by atoms with E-state index in [0.717, 1.165) is 0 Å². The lowest BCUT2D eigenvalue weighted by Crippen LogP contribution is -2.26. The molecular weight excluding hydrogens is 334 g/mol. The van der Waals surface area contributed by atoms with Crippen molar-refractivity contribution in [3.8, 4) is 0 Å². The molecule has 126 valence electrons. The molecular formula is C15H15N3O5S. The number of nitro groups is 1. The van der Waals surface area contributed by atoms with E-state index >= 15 is 0 Å². The van der Waals surface area contributed by atoms with Gasteiger partial charge in [-0.1, -0.05) is 12.1 Å². The number of nitrogens with two attached hydrogens (primary N) is 1. The van der Waals surface area contributed by atoms with Crippen molar-refractivity contribution in [2.75, 3.05) is 0 Å². The summed E-state index contributed by atoms with van der Waals surface area (Å²) in [6.45, 7) is 1.69. The maximum absolute atomic E-state index is 12.2. The molecule has 0 saturated heterocycles. The van der Waals surface area contributed by atoms with Crippen LogP contribution in [0.2, 0.25) is 0 Å². The predicted molar refractivity (Wildman–Crippen MR) is 86.8 cm³/mol. The van der Waals surface area contributed by atoms with E-state index in [0.29, 0.717) is 5.56 Å². The lowest BCUT2D eigenvalue weighted by atomic mass is 10.1. The highest BCUT2D eigenvalue weighted by atomic mass is 32.2. The van der Waals surface area contributed by atoms with Gasteiger partial charge in [-0.2, -0.15) is 0 Å². The first-order chi connectivity index (χ1) is 11.2. The lowest BCUT2D eigenvalue weighted by molar-refractivity contribution is -0.384. The Kier molecular flexibility index (Phi) is 4.96. The molecule has 0 aliphatic rings. The number of carbonyl (C=O) groups is 1. The number of rotatable bonds is 5. The standard InChI is InChI=1S/C15H15N3O5S/c1-10(12-3-2-4-14(9-12)24(16,22)23)17-15(19)11-5-7-13(8-6-11)18(20)21/h2-10H,1H3,(H,17,19)(H2,16,22,23). The maximum atomic E-state index is 12.2. The third-order valence-electron chi connectivity index (χ3n) is 3.37. The molecule has 1 amide bonds. The zero-order valence-corrected chi connectivity index (χ0v) is 13.5. The topological polar surface area (TPSA) is 132 Å². The quantitative estimate of drug-likeness (QED) is 0.626. The molecule has 0 saturated carbocycles. The Morgan fingerprint density at radius 2 is 1.83 bits per heavy atom. The molecule has 0 aliphatic carbocycles. The van der Waals surface area contributed by atoms with Crippen molar-refractivity contribution in [2.45, 2.75) is 17.9 Å². The van der Waals surface area contributed by atoms with E-state index in [1.807, 2.05) is 0 Å². The Hall–Kier alpha value is -2.78. The minimum Gasteiger partial charge on any atom is -0.346 e. The van der Waals surface area contributed by atoms with Gasteiger partial charge in [-0.3, -0.25) is 14.9 Å². The highest BCUT2D eigenvalue weighted by Crippen LogP contribution is 2.18. The molecule has 1 atom stereocenters. The number of carbonyl (C=O) groups excluding carboxylic acids is 1. The molecule has 0 bridgehead atoms. The van der Waals surface area contributed by atoms with Gasteiger partial charge in [-0.05, 0) is 36.8 Å². The molecule has 0 heterocycles. The summed E-state index contributed by atoms with van der Waals surface area (Å²) in [5, 5.41) is 18.4. The molecule has 1 unspecified atom stereocenters. The zero-order chi connectivity index (χ0) is 17.9. The maximum Gasteiger partial charge on any atom is 0.269 e. The first-order valence-corrected chi connectivity index (χ1v) is 8.41. The van der Waals surface area contributed by atoms with E-state index in [9.17, 15) is 23.3 Å². The van der Waals surface area contributed by atoms with Crippen LogP contribution in [-0.4, -0.2) is 19.2 Å². The largest absolute Gasteiger partial charge is 0.346 e. The Morgan fingerprint density at radius 3 is 2.38 bits per heavy atom. The molecule has 0 radical (unpaired) electrons. The van der Waals surface area contributed by atoms with E-state index in [1.54, 1.807) is 13.0 Å². The third-order valence-corrected chi connectivity index (χ3v) is 4.29. The molecule has 2 rings (SSSR count). The number of nitrogens with one attached hydrogen (secondary N) is 1. The highest BCUT2D eigenvalue weighted by Gasteiger charge is 2.15. The summed E-state index contributed by atoms with van der Waals surface area (Å²) in [5.74, 6) is -0.432. The van der Waals surface area contributed by atoms with Gasteiger partial charge in [0.1, 0.15) is 0 Å². The van der Waals surface area contributed by atoms with E-state index in [4.69, 9.17) is 5.14 Å². The van der Waals surface area contributed by atoms with Gasteiger partial charge in [0.25, 0.3) is 11.6 Å². The number of hydrogen-bond acceptors (Lipinski definition) is 5. The molecule has 0 spiro atoms. The van der Waals surface area contributed by atoms with E-state index in [2.05, 4.69) is 5.32 Å². The van der Waals surface area contributed by atoms with Crippen molar-refractivity contribution in [1.82, 2.24) is 5.32 Å². The van der Waals surface area contributed by atoms with E-state index in [-0.39, 0.29) is 16.1 Å². The second kappa shape index (κ2) is 6.77. The molecule has 9 heteroatoms. The molecule has 24 heavy (non-hydrogen) atoms. The van der Waals surface area contributed by atoms with Crippen LogP contribution in [0.5, 0.6) is 0 Å². The van der Waals surface area contributed by atoms with Crippen LogP contribution in [0.15, 0.2) is 53.4 Å². The fourth-order valence-electron chi connectivity index (χ4n) is 2.06. The van der Waals surface area contributed by atoms with Crippen LogP contribution in [-0.2, 0) is 10.0 Å². The van der Waals surface area contributed by atoms with Gasteiger partial charge in [0.05, 0.1) is 15.9 Å². The van der Waals surface area contributed by atoms with Crippen molar-refractivity contribution in [3.63, 3.8) is 0 Å². The summed E-state index contributed by atoms with van der Waals surface area (Å²) >= 11 is 0. The molecule has 0 aromatic heterocycles. The van der Waals surface area contributed by atoms with Crippen LogP contribution in [0.4, 0.5) is 5.69 Å². The van der Waals surface area contributed by atoms with Crippen molar-refractivity contribution in [2.24, 2.45) is 5.14 Å². The summed E-state index contributed by atoms with van der Waals surface area (Å²) in [7, 11) is -3.83. The second-order valence-electron chi connectivity index (χ2n) is 5.12. The summed E-state index contributed by atoms with van der Waals surface area (Å²) in [4.78, 5) is 22.2. The van der Waals surface area contributed by atoms with E-state index < -0.39 is 26.9 Å². The monoisotopic (exact) mass is 349 g/mol. The van der Waals surface area contributed by atoms with Crippen molar-refractivity contribution in [3.05, 3.63) is 69.8 Å². The molecule has 2 aromatic rings. The smallest absolute Gasteiger partial charge is 0.269 e. The summed E-state index contributed by atoms with van der Waals surface area (Å²) in [6.07, 6.45) is 0. The summed E-state index contributed by atoms with van der Waals surface area (Å²) in [6, 6.07) is 10.6. The van der Waals surface area contributed by atoms with Crippen LogP contribution < -0.4 is 10.5 Å². The van der Waals surface area contributed by atoms with Gasteiger partial charge in [-0.15, -0.1) is 0 Å². The fourth-order valence-corrected chi connectivity index (χ4v) is 2.63. The third kappa shape index (κ3) is 4.15. The van der Waals surface area contributed by atoms with Gasteiger partial charge in [0.15, 0.2) is 0 Å². The van der Waals surface area contributed by atoms with Crippen LogP contribution in [0, 0.1) is 10.1 Å². The minimum absolute atomic E-state index is 0.0450. The Labute approximate surface area is 138 Å². The highest BCUT2D eigenvalue weighted by molar-refractivity contribution is 7.89. The van der Waals surface area contributed by atoms with Crippen molar-refractivity contribution >= 4 is 21.6 Å². The Bertz CT molecular complexity index is 878. The number of nitro benzene ring substituents is 1. The minimum atomic E-state index is -3.83. The lowest BCUT2D eigenvalue weighted by Gasteiger charge is -2.15. The Balaban J connectivity index is 2.15. The van der Waals surface area contributed by atoms with Gasteiger partial charge >= 0.3 is 0 Å². The number of sulfonamides is 1. The predicted octanol–water partition coefficient (Wildman–Crippen LogP) is 1.73. The van der Waals surface area contributed by atoms with Crippen LogP contribution in [0.25, 0.3) is 0 Å². The second-order valence-corrected chi connectivity index (χ2v) is 6.68. The van der Waals surface area contributed by atoms with Gasteiger partial charge in [0, 0.05) is 17.7 Å². The molecule has 3 N–H and O–H groups in total. The normalized spacial score (nSPS) is 12.4. The number of nitrogens with zero attached hydrogens (tertiary/aromatic N) is 1. The van der Waals surface area contributed by atoms with E-state index in [1.165, 1.54) is 42.5 Å². The van der Waals surface area contributed by atoms with Gasteiger partial charge in [0.2, 0.25) is 10.0 Å². The average Bonchev–Trinajstić information content (AvgIpc) is 2.54. The molecule has 0 aliphatic heterocycles. The number of hydrogen-bond donors (Lipinski definition) is 2. The number of primary sulfonamides is 1. The average molecular weight is 349 g/mol. The van der Waals surface area contributed by atoms with Crippen LogP contribution in [0.1, 0.15) is 28.9 Å². The molecule has 2 aromatic carbocycles. The number of non-ortho nitro benzene ring substituents is 1. The molecule has 0 fully saturated rings. The Morgan fingerprint density at radius 1 is 1.21 bits per heavy atom. The number of benzene rings is 2. The molecule has 8 nitrogen and oxygen atoms in total. The van der Waals surface area contributed by atoms with Crippen molar-refractivity contribution < 1.29 is 18.1 Å².